The van der Waals surface area contributed by atoms with E-state index in [0.29, 0.717) is 40.0 Å². The average molecular weight is 516 g/mol. The Morgan fingerprint density at radius 3 is 2.11 bits per heavy atom. The first-order valence-corrected chi connectivity index (χ1v) is 11.5. The zero-order chi connectivity index (χ0) is 27.3. The molecule has 2 aromatic heterocycles. The summed E-state index contributed by atoms with van der Waals surface area (Å²) >= 11 is 0. The number of carbonyl (C=O) groups excluding carboxylic acids is 2. The van der Waals surface area contributed by atoms with Crippen LogP contribution < -0.4 is 20.7 Å². The Balaban J connectivity index is 1.30. The van der Waals surface area contributed by atoms with Crippen LogP contribution in [0.1, 0.15) is 47.4 Å². The van der Waals surface area contributed by atoms with E-state index < -0.39 is 12.0 Å². The van der Waals surface area contributed by atoms with Crippen LogP contribution in [0.2, 0.25) is 0 Å². The number of hydrogen-bond acceptors (Lipinski definition) is 7. The van der Waals surface area contributed by atoms with Crippen LogP contribution >= 0.6 is 0 Å². The van der Waals surface area contributed by atoms with Gasteiger partial charge in [0, 0.05) is 40.7 Å². The molecule has 0 atom stereocenters. The number of pyridine rings is 1. The van der Waals surface area contributed by atoms with E-state index in [1.54, 1.807) is 54.6 Å². The van der Waals surface area contributed by atoms with Crippen molar-refractivity contribution in [3.63, 3.8) is 0 Å². The summed E-state index contributed by atoms with van der Waals surface area (Å²) in [5, 5.41) is 21.0. The summed E-state index contributed by atoms with van der Waals surface area (Å²) in [7, 11) is 0. The van der Waals surface area contributed by atoms with Crippen molar-refractivity contribution >= 4 is 35.1 Å². The first kappa shape index (κ1) is 25.9. The van der Waals surface area contributed by atoms with E-state index >= 15 is 0 Å². The highest BCUT2D eigenvalue weighted by molar-refractivity contribution is 6.04. The van der Waals surface area contributed by atoms with Gasteiger partial charge in [-0.3, -0.25) is 10.1 Å². The molecule has 0 unspecified atom stereocenters. The number of ether oxygens (including phenoxy) is 1. The third-order valence-corrected chi connectivity index (χ3v) is 5.19. The van der Waals surface area contributed by atoms with Crippen molar-refractivity contribution in [2.45, 2.75) is 26.2 Å². The van der Waals surface area contributed by atoms with Crippen LogP contribution in [0.25, 0.3) is 0 Å². The molecule has 2 aromatic carbocycles. The smallest absolute Gasteiger partial charge is 0.354 e. The molecule has 0 bridgehead atoms. The number of nitrogens with one attached hydrogen (secondary N) is 3. The van der Waals surface area contributed by atoms with Gasteiger partial charge in [-0.2, -0.15) is 0 Å². The molecular formula is C27H25N5O6. The standard InChI is InChI=1S/C27H25N5O6/c1-27(2,3)22-15-23(32-38-22)31-26(36)30-18-8-6-17(7-9-18)29-24(33)16-4-10-19(11-5-16)37-20-12-13-28-21(14-20)25(34)35/h4-15H,1-3H3,(H,29,33)(H,34,35)(H2,30,31,32,36). The van der Waals surface area contributed by atoms with Crippen LogP contribution in [0, 0.1) is 0 Å². The van der Waals surface area contributed by atoms with E-state index in [1.165, 1.54) is 18.3 Å². The largest absolute Gasteiger partial charge is 0.477 e. The maximum absolute atomic E-state index is 12.6. The number of carboxylic acids is 1. The van der Waals surface area contributed by atoms with Gasteiger partial charge in [0.1, 0.15) is 17.3 Å². The number of aromatic carboxylic acids is 1. The van der Waals surface area contributed by atoms with Crippen molar-refractivity contribution < 1.29 is 28.8 Å². The molecule has 0 saturated heterocycles. The molecule has 0 fully saturated rings. The predicted molar refractivity (Wildman–Crippen MR) is 140 cm³/mol. The Morgan fingerprint density at radius 2 is 1.50 bits per heavy atom. The molecule has 38 heavy (non-hydrogen) atoms. The predicted octanol–water partition coefficient (Wildman–Crippen LogP) is 5.75. The summed E-state index contributed by atoms with van der Waals surface area (Å²) in [5.74, 6) is 0.200. The number of amides is 3. The van der Waals surface area contributed by atoms with E-state index in [1.807, 2.05) is 20.8 Å². The van der Waals surface area contributed by atoms with Gasteiger partial charge < -0.3 is 25.0 Å². The van der Waals surface area contributed by atoms with Crippen LogP contribution in [0.4, 0.5) is 22.0 Å². The normalized spacial score (nSPS) is 10.9. The molecule has 4 aromatic rings. The maximum Gasteiger partial charge on any atom is 0.354 e. The van der Waals surface area contributed by atoms with Crippen molar-refractivity contribution in [3.8, 4) is 11.5 Å². The minimum absolute atomic E-state index is 0.134. The number of carbonyl (C=O) groups is 3. The maximum atomic E-state index is 12.6. The number of carboxylic acid groups (broad SMARTS) is 1. The number of urea groups is 1. The van der Waals surface area contributed by atoms with Gasteiger partial charge in [-0.25, -0.2) is 14.6 Å². The van der Waals surface area contributed by atoms with E-state index in [9.17, 15) is 14.4 Å². The van der Waals surface area contributed by atoms with Gasteiger partial charge in [0.25, 0.3) is 5.91 Å². The van der Waals surface area contributed by atoms with E-state index in [0.717, 1.165) is 0 Å². The van der Waals surface area contributed by atoms with Crippen LogP contribution in [0.3, 0.4) is 0 Å². The number of aromatic nitrogens is 2. The summed E-state index contributed by atoms with van der Waals surface area (Å²) in [6, 6.07) is 17.0. The van der Waals surface area contributed by atoms with Crippen LogP contribution in [0.5, 0.6) is 11.5 Å². The summed E-state index contributed by atoms with van der Waals surface area (Å²) < 4.78 is 10.9. The molecule has 0 aliphatic carbocycles. The monoisotopic (exact) mass is 515 g/mol. The highest BCUT2D eigenvalue weighted by atomic mass is 16.5. The topological polar surface area (TPSA) is 156 Å². The Hall–Kier alpha value is -5.19. The molecule has 0 saturated carbocycles. The number of benzene rings is 2. The van der Waals surface area contributed by atoms with Crippen molar-refractivity contribution in [1.82, 2.24) is 10.1 Å². The van der Waals surface area contributed by atoms with E-state index in [-0.39, 0.29) is 17.0 Å². The fourth-order valence-corrected chi connectivity index (χ4v) is 3.21. The molecule has 0 aliphatic heterocycles. The molecule has 4 N–H and O–H groups in total. The quantitative estimate of drug-likeness (QED) is 0.242. The van der Waals surface area contributed by atoms with Gasteiger partial charge in [0.2, 0.25) is 0 Å². The molecule has 2 heterocycles. The van der Waals surface area contributed by atoms with Gasteiger partial charge >= 0.3 is 12.0 Å². The van der Waals surface area contributed by atoms with Gasteiger partial charge in [0.05, 0.1) is 0 Å². The van der Waals surface area contributed by atoms with Gasteiger partial charge in [0.15, 0.2) is 11.5 Å². The second-order valence-electron chi connectivity index (χ2n) is 9.25. The summed E-state index contributed by atoms with van der Waals surface area (Å²) in [6.45, 7) is 5.93. The Morgan fingerprint density at radius 1 is 0.842 bits per heavy atom. The molecule has 0 aliphatic rings. The summed E-state index contributed by atoms with van der Waals surface area (Å²) in [5.41, 5.74) is 1.08. The second kappa shape index (κ2) is 10.8. The third kappa shape index (κ3) is 6.72. The SMILES string of the molecule is CC(C)(C)c1cc(NC(=O)Nc2ccc(NC(=O)c3ccc(Oc4ccnc(C(=O)O)c4)cc3)cc2)no1. The molecule has 194 valence electrons. The van der Waals surface area contributed by atoms with Gasteiger partial charge in [-0.1, -0.05) is 25.9 Å². The molecule has 11 nitrogen and oxygen atoms in total. The molecular weight excluding hydrogens is 490 g/mol. The van der Waals surface area contributed by atoms with Crippen LogP contribution in [-0.4, -0.2) is 33.2 Å². The Kier molecular flexibility index (Phi) is 7.38. The Bertz CT molecular complexity index is 1460. The first-order valence-electron chi connectivity index (χ1n) is 11.5. The van der Waals surface area contributed by atoms with Crippen molar-refractivity contribution in [3.05, 3.63) is 89.9 Å². The van der Waals surface area contributed by atoms with Gasteiger partial charge in [-0.15, -0.1) is 0 Å². The first-order chi connectivity index (χ1) is 18.1. The number of nitrogens with zero attached hydrogens (tertiary/aromatic N) is 2. The zero-order valence-electron chi connectivity index (χ0n) is 20.8. The summed E-state index contributed by atoms with van der Waals surface area (Å²) in [6.07, 6.45) is 1.34. The van der Waals surface area contributed by atoms with E-state index in [2.05, 4.69) is 26.1 Å². The lowest BCUT2D eigenvalue weighted by Gasteiger charge is -2.12. The molecule has 11 heteroatoms. The zero-order valence-corrected chi connectivity index (χ0v) is 20.8. The lowest BCUT2D eigenvalue weighted by Crippen LogP contribution is -2.19. The van der Waals surface area contributed by atoms with Crippen LogP contribution in [-0.2, 0) is 5.41 Å². The minimum atomic E-state index is -1.16. The molecule has 0 spiro atoms. The fraction of sp³-hybridized carbons (Fsp3) is 0.148. The van der Waals surface area contributed by atoms with E-state index in [4.69, 9.17) is 14.4 Å². The second-order valence-corrected chi connectivity index (χ2v) is 9.25. The molecule has 3 amide bonds. The highest BCUT2D eigenvalue weighted by Crippen LogP contribution is 2.25. The molecule has 4 rings (SSSR count). The number of rotatable bonds is 7. The van der Waals surface area contributed by atoms with Crippen molar-refractivity contribution in [2.24, 2.45) is 0 Å². The highest BCUT2D eigenvalue weighted by Gasteiger charge is 2.20. The minimum Gasteiger partial charge on any atom is -0.477 e. The lowest BCUT2D eigenvalue weighted by atomic mass is 9.93. The number of anilines is 3. The number of hydrogen-bond donors (Lipinski definition) is 4. The lowest BCUT2D eigenvalue weighted by molar-refractivity contribution is 0.0689. The fourth-order valence-electron chi connectivity index (χ4n) is 3.21. The third-order valence-electron chi connectivity index (χ3n) is 5.19. The average Bonchev–Trinajstić information content (AvgIpc) is 3.35. The van der Waals surface area contributed by atoms with Crippen molar-refractivity contribution in [1.29, 1.82) is 0 Å². The van der Waals surface area contributed by atoms with Gasteiger partial charge in [-0.05, 0) is 54.6 Å². The van der Waals surface area contributed by atoms with Crippen molar-refractivity contribution in [2.75, 3.05) is 16.0 Å². The summed E-state index contributed by atoms with van der Waals surface area (Å²) in [4.78, 5) is 39.7. The van der Waals surface area contributed by atoms with Crippen LogP contribution in [0.15, 0.2) is 77.4 Å². The Labute approximate surface area is 217 Å². The molecule has 0 radical (unpaired) electrons.